The SMILES string of the molecule is Cl.Nc1cnn(C2CCC(=O)NC2=O)c1. The zero-order valence-corrected chi connectivity index (χ0v) is 8.66. The van der Waals surface area contributed by atoms with Crippen LogP contribution in [0, 0.1) is 0 Å². The van der Waals surface area contributed by atoms with Gasteiger partial charge in [-0.15, -0.1) is 12.4 Å². The Morgan fingerprint density at radius 2 is 2.27 bits per heavy atom. The molecule has 0 aliphatic carbocycles. The van der Waals surface area contributed by atoms with Gasteiger partial charge >= 0.3 is 0 Å². The summed E-state index contributed by atoms with van der Waals surface area (Å²) in [5.41, 5.74) is 5.99. The van der Waals surface area contributed by atoms with Crippen LogP contribution in [0.1, 0.15) is 18.9 Å². The first-order valence-electron chi connectivity index (χ1n) is 4.30. The molecule has 1 saturated heterocycles. The quantitative estimate of drug-likeness (QED) is 0.658. The Morgan fingerprint density at radius 3 is 2.80 bits per heavy atom. The van der Waals surface area contributed by atoms with Crippen LogP contribution in [0.5, 0.6) is 0 Å². The minimum Gasteiger partial charge on any atom is -0.396 e. The number of hydrogen-bond acceptors (Lipinski definition) is 4. The van der Waals surface area contributed by atoms with E-state index in [1.54, 1.807) is 6.20 Å². The van der Waals surface area contributed by atoms with Gasteiger partial charge in [-0.25, -0.2) is 0 Å². The lowest BCUT2D eigenvalue weighted by molar-refractivity contribution is -0.135. The van der Waals surface area contributed by atoms with E-state index >= 15 is 0 Å². The normalized spacial score (nSPS) is 20.7. The average Bonchev–Trinajstić information content (AvgIpc) is 2.51. The van der Waals surface area contributed by atoms with Gasteiger partial charge in [-0.3, -0.25) is 19.6 Å². The van der Waals surface area contributed by atoms with E-state index in [1.807, 2.05) is 0 Å². The van der Waals surface area contributed by atoms with E-state index in [2.05, 4.69) is 10.4 Å². The molecule has 1 aliphatic rings. The molecule has 1 fully saturated rings. The largest absolute Gasteiger partial charge is 0.396 e. The summed E-state index contributed by atoms with van der Waals surface area (Å²) < 4.78 is 1.48. The molecule has 1 aliphatic heterocycles. The van der Waals surface area contributed by atoms with Gasteiger partial charge in [0.25, 0.3) is 5.91 Å². The predicted octanol–water partition coefficient (Wildman–Crippen LogP) is -0.135. The Bertz CT molecular complexity index is 390. The van der Waals surface area contributed by atoms with Gasteiger partial charge in [0, 0.05) is 12.6 Å². The molecule has 1 unspecified atom stereocenters. The second-order valence-corrected chi connectivity index (χ2v) is 3.22. The number of amides is 2. The van der Waals surface area contributed by atoms with Gasteiger partial charge in [0.1, 0.15) is 6.04 Å². The summed E-state index contributed by atoms with van der Waals surface area (Å²) in [6.07, 6.45) is 3.88. The summed E-state index contributed by atoms with van der Waals surface area (Å²) in [5.74, 6) is -0.546. The molecule has 7 heteroatoms. The summed E-state index contributed by atoms with van der Waals surface area (Å²) in [6, 6.07) is -0.412. The highest BCUT2D eigenvalue weighted by atomic mass is 35.5. The van der Waals surface area contributed by atoms with E-state index in [0.717, 1.165) is 0 Å². The lowest BCUT2D eigenvalue weighted by atomic mass is 10.1. The van der Waals surface area contributed by atoms with Crippen molar-refractivity contribution in [2.45, 2.75) is 18.9 Å². The van der Waals surface area contributed by atoms with Gasteiger partial charge in [-0.05, 0) is 6.42 Å². The minimum atomic E-state index is -0.412. The predicted molar refractivity (Wildman–Crippen MR) is 55.3 cm³/mol. The highest BCUT2D eigenvalue weighted by Crippen LogP contribution is 2.18. The molecule has 2 heterocycles. The highest BCUT2D eigenvalue weighted by Gasteiger charge is 2.28. The molecule has 0 bridgehead atoms. The van der Waals surface area contributed by atoms with Crippen molar-refractivity contribution in [2.24, 2.45) is 0 Å². The van der Waals surface area contributed by atoms with Gasteiger partial charge in [-0.1, -0.05) is 0 Å². The maximum atomic E-state index is 11.4. The molecule has 0 spiro atoms. The number of piperidine rings is 1. The van der Waals surface area contributed by atoms with Gasteiger partial charge in [0.15, 0.2) is 0 Å². The second kappa shape index (κ2) is 4.31. The van der Waals surface area contributed by atoms with Crippen LogP contribution < -0.4 is 11.1 Å². The smallest absolute Gasteiger partial charge is 0.251 e. The molecule has 1 aromatic heterocycles. The minimum absolute atomic E-state index is 0. The van der Waals surface area contributed by atoms with Crippen LogP contribution in [0.4, 0.5) is 5.69 Å². The third-order valence-electron chi connectivity index (χ3n) is 2.15. The monoisotopic (exact) mass is 230 g/mol. The van der Waals surface area contributed by atoms with Crippen LogP contribution >= 0.6 is 12.4 Å². The number of nitrogens with two attached hydrogens (primary N) is 1. The number of nitrogen functional groups attached to an aromatic ring is 1. The molecule has 1 aromatic rings. The summed E-state index contributed by atoms with van der Waals surface area (Å²) in [4.78, 5) is 22.3. The molecular formula is C8H11ClN4O2. The van der Waals surface area contributed by atoms with E-state index in [9.17, 15) is 9.59 Å². The van der Waals surface area contributed by atoms with Crippen LogP contribution in [0.15, 0.2) is 12.4 Å². The summed E-state index contributed by atoms with van der Waals surface area (Å²) in [7, 11) is 0. The van der Waals surface area contributed by atoms with Crippen molar-refractivity contribution in [3.05, 3.63) is 12.4 Å². The second-order valence-electron chi connectivity index (χ2n) is 3.22. The number of carbonyl (C=O) groups is 2. The number of hydrogen-bond donors (Lipinski definition) is 2. The third kappa shape index (κ3) is 2.27. The van der Waals surface area contributed by atoms with Crippen LogP contribution in [0.2, 0.25) is 0 Å². The summed E-state index contributed by atoms with van der Waals surface area (Å²) in [6.45, 7) is 0. The molecular weight excluding hydrogens is 220 g/mol. The Balaban J connectivity index is 0.00000112. The fraction of sp³-hybridized carbons (Fsp3) is 0.375. The van der Waals surface area contributed by atoms with Crippen molar-refractivity contribution >= 4 is 29.9 Å². The molecule has 0 radical (unpaired) electrons. The molecule has 6 nitrogen and oxygen atoms in total. The van der Waals surface area contributed by atoms with Crippen LogP contribution in [-0.4, -0.2) is 21.6 Å². The summed E-state index contributed by atoms with van der Waals surface area (Å²) >= 11 is 0. The van der Waals surface area contributed by atoms with Crippen LogP contribution in [0.25, 0.3) is 0 Å². The number of anilines is 1. The molecule has 2 rings (SSSR count). The molecule has 82 valence electrons. The maximum absolute atomic E-state index is 11.4. The van der Waals surface area contributed by atoms with Crippen molar-refractivity contribution in [3.63, 3.8) is 0 Å². The standard InChI is InChI=1S/C8H10N4O2.ClH/c9-5-3-10-12(4-5)6-1-2-7(13)11-8(6)14;/h3-4,6H,1-2,9H2,(H,11,13,14);1H. The number of rotatable bonds is 1. The van der Waals surface area contributed by atoms with Crippen molar-refractivity contribution in [2.75, 3.05) is 5.73 Å². The van der Waals surface area contributed by atoms with E-state index in [0.29, 0.717) is 18.5 Å². The van der Waals surface area contributed by atoms with Crippen molar-refractivity contribution in [3.8, 4) is 0 Å². The van der Waals surface area contributed by atoms with E-state index in [1.165, 1.54) is 10.9 Å². The zero-order chi connectivity index (χ0) is 10.1. The number of nitrogens with one attached hydrogen (secondary N) is 1. The Labute approximate surface area is 92.2 Å². The number of aromatic nitrogens is 2. The van der Waals surface area contributed by atoms with Crippen molar-refractivity contribution < 1.29 is 9.59 Å². The fourth-order valence-electron chi connectivity index (χ4n) is 1.46. The molecule has 0 saturated carbocycles. The highest BCUT2D eigenvalue weighted by molar-refractivity contribution is 5.99. The van der Waals surface area contributed by atoms with Crippen molar-refractivity contribution in [1.82, 2.24) is 15.1 Å². The topological polar surface area (TPSA) is 90.0 Å². The Morgan fingerprint density at radius 1 is 1.53 bits per heavy atom. The lowest BCUT2D eigenvalue weighted by Crippen LogP contribution is -2.41. The molecule has 2 amide bonds. The zero-order valence-electron chi connectivity index (χ0n) is 7.84. The van der Waals surface area contributed by atoms with E-state index in [4.69, 9.17) is 5.73 Å². The molecule has 0 aromatic carbocycles. The van der Waals surface area contributed by atoms with E-state index < -0.39 is 6.04 Å². The van der Waals surface area contributed by atoms with Gasteiger partial charge in [0.2, 0.25) is 5.91 Å². The third-order valence-corrected chi connectivity index (χ3v) is 2.15. The van der Waals surface area contributed by atoms with E-state index in [-0.39, 0.29) is 24.2 Å². The first kappa shape index (κ1) is 11.5. The van der Waals surface area contributed by atoms with Crippen LogP contribution in [0.3, 0.4) is 0 Å². The Hall–Kier alpha value is -1.56. The van der Waals surface area contributed by atoms with Crippen LogP contribution in [-0.2, 0) is 9.59 Å². The summed E-state index contributed by atoms with van der Waals surface area (Å²) in [5, 5.41) is 6.19. The first-order chi connectivity index (χ1) is 6.66. The number of imide groups is 1. The average molecular weight is 231 g/mol. The lowest BCUT2D eigenvalue weighted by Gasteiger charge is -2.20. The number of nitrogens with zero attached hydrogens (tertiary/aromatic N) is 2. The maximum Gasteiger partial charge on any atom is 0.251 e. The molecule has 3 N–H and O–H groups in total. The van der Waals surface area contributed by atoms with Gasteiger partial charge in [0.05, 0.1) is 11.9 Å². The van der Waals surface area contributed by atoms with Crippen molar-refractivity contribution in [1.29, 1.82) is 0 Å². The first-order valence-corrected chi connectivity index (χ1v) is 4.30. The Kier molecular flexibility index (Phi) is 3.31. The van der Waals surface area contributed by atoms with Gasteiger partial charge < -0.3 is 5.73 Å². The molecule has 1 atom stereocenters. The van der Waals surface area contributed by atoms with Gasteiger partial charge in [-0.2, -0.15) is 5.10 Å². The number of halogens is 1. The fourth-order valence-corrected chi connectivity index (χ4v) is 1.46. The number of carbonyl (C=O) groups excluding carboxylic acids is 2. The molecule has 15 heavy (non-hydrogen) atoms.